The summed E-state index contributed by atoms with van der Waals surface area (Å²) in [5.74, 6) is -2.43. The second kappa shape index (κ2) is 8.26. The lowest BCUT2D eigenvalue weighted by Gasteiger charge is -2.28. The predicted octanol–water partition coefficient (Wildman–Crippen LogP) is 3.08. The number of benzene rings is 1. The van der Waals surface area contributed by atoms with Gasteiger partial charge in [0.2, 0.25) is 5.78 Å². The number of rotatable bonds is 7. The molecule has 0 fully saturated rings. The molecule has 0 spiro atoms. The fraction of sp³-hybridized carbons (Fsp3) is 0.391. The van der Waals surface area contributed by atoms with Crippen molar-refractivity contribution in [3.05, 3.63) is 58.4 Å². The predicted molar refractivity (Wildman–Crippen MR) is 110 cm³/mol. The first kappa shape index (κ1) is 21.5. The van der Waals surface area contributed by atoms with Gasteiger partial charge in [0.15, 0.2) is 6.61 Å². The number of ketones is 1. The van der Waals surface area contributed by atoms with Crippen molar-refractivity contribution < 1.29 is 23.9 Å². The molecule has 2 atom stereocenters. The Balaban J connectivity index is 1.80. The highest BCUT2D eigenvalue weighted by Gasteiger charge is 2.45. The monoisotopic (exact) mass is 410 g/mol. The Bertz CT molecular complexity index is 1000. The third-order valence-corrected chi connectivity index (χ3v) is 5.95. The molecule has 30 heavy (non-hydrogen) atoms. The van der Waals surface area contributed by atoms with E-state index in [1.54, 1.807) is 37.3 Å². The summed E-state index contributed by atoms with van der Waals surface area (Å²) in [5.41, 5.74) is 2.74. The molecule has 158 valence electrons. The zero-order valence-corrected chi connectivity index (χ0v) is 17.9. The van der Waals surface area contributed by atoms with Gasteiger partial charge in [-0.2, -0.15) is 0 Å². The molecule has 7 nitrogen and oxygen atoms in total. The standard InChI is InChI=1S/C23H26N2O5/c1-6-13(2)20(25-21(27)16-9-7-8-10-17(16)22(25)28)23(29)30-12-19(26)18-11-14(3)24(5)15(18)4/h7-11,13,20H,6,12H2,1-5H3/t13-,20-/m0/s1. The number of ether oxygens (including phenoxy) is 1. The first-order chi connectivity index (χ1) is 14.2. The molecule has 0 radical (unpaired) electrons. The summed E-state index contributed by atoms with van der Waals surface area (Å²) in [7, 11) is 1.86. The highest BCUT2D eigenvalue weighted by Crippen LogP contribution is 2.28. The molecule has 0 saturated heterocycles. The number of nitrogens with zero attached hydrogens (tertiary/aromatic N) is 2. The third kappa shape index (κ3) is 3.56. The number of Topliss-reactive ketones (excluding diaryl/α,β-unsaturated/α-hetero) is 1. The van der Waals surface area contributed by atoms with Gasteiger partial charge in [-0.25, -0.2) is 4.79 Å². The van der Waals surface area contributed by atoms with Crippen LogP contribution < -0.4 is 0 Å². The van der Waals surface area contributed by atoms with E-state index in [2.05, 4.69) is 0 Å². The van der Waals surface area contributed by atoms with Crippen LogP contribution in [0.2, 0.25) is 0 Å². The topological polar surface area (TPSA) is 85.7 Å². The summed E-state index contributed by atoms with van der Waals surface area (Å²) in [6.07, 6.45) is 0.554. The summed E-state index contributed by atoms with van der Waals surface area (Å²) in [4.78, 5) is 52.2. The van der Waals surface area contributed by atoms with Crippen molar-refractivity contribution in [2.45, 2.75) is 40.2 Å². The fourth-order valence-corrected chi connectivity index (χ4v) is 3.71. The molecule has 0 bridgehead atoms. The van der Waals surface area contributed by atoms with E-state index in [9.17, 15) is 19.2 Å². The highest BCUT2D eigenvalue weighted by atomic mass is 16.5. The lowest BCUT2D eigenvalue weighted by molar-refractivity contribution is -0.149. The maximum absolute atomic E-state index is 12.9. The molecule has 2 heterocycles. The van der Waals surface area contributed by atoms with E-state index < -0.39 is 30.4 Å². The van der Waals surface area contributed by atoms with Gasteiger partial charge >= 0.3 is 5.97 Å². The molecular weight excluding hydrogens is 384 g/mol. The van der Waals surface area contributed by atoms with E-state index in [-0.39, 0.29) is 22.8 Å². The number of fused-ring (bicyclic) bond motifs is 1. The summed E-state index contributed by atoms with van der Waals surface area (Å²) in [6, 6.07) is 7.15. The molecule has 2 amide bonds. The molecule has 0 unspecified atom stereocenters. The van der Waals surface area contributed by atoms with E-state index in [1.807, 2.05) is 32.4 Å². The molecule has 0 N–H and O–H groups in total. The van der Waals surface area contributed by atoms with Crippen LogP contribution in [0.25, 0.3) is 0 Å². The van der Waals surface area contributed by atoms with Crippen LogP contribution in [-0.2, 0) is 16.6 Å². The van der Waals surface area contributed by atoms with Gasteiger partial charge in [-0.05, 0) is 38.0 Å². The smallest absolute Gasteiger partial charge is 0.330 e. The van der Waals surface area contributed by atoms with Crippen molar-refractivity contribution in [2.24, 2.45) is 13.0 Å². The SMILES string of the molecule is CC[C@H](C)[C@@H](C(=O)OCC(=O)c1cc(C)n(C)c1C)N1C(=O)c2ccccc2C1=O. The molecule has 3 rings (SSSR count). The van der Waals surface area contributed by atoms with Crippen LogP contribution in [0.1, 0.15) is 62.7 Å². The Labute approximate surface area is 175 Å². The van der Waals surface area contributed by atoms with Crippen molar-refractivity contribution >= 4 is 23.6 Å². The van der Waals surface area contributed by atoms with E-state index in [1.165, 1.54) is 0 Å². The molecule has 0 saturated carbocycles. The Morgan fingerprint density at radius 1 is 1.07 bits per heavy atom. The van der Waals surface area contributed by atoms with E-state index >= 15 is 0 Å². The average molecular weight is 410 g/mol. The van der Waals surface area contributed by atoms with Crippen LogP contribution in [0, 0.1) is 19.8 Å². The summed E-state index contributed by atoms with van der Waals surface area (Å²) < 4.78 is 7.20. The number of carbonyl (C=O) groups excluding carboxylic acids is 4. The number of esters is 1. The minimum absolute atomic E-state index is 0.273. The van der Waals surface area contributed by atoms with Gasteiger partial charge < -0.3 is 9.30 Å². The van der Waals surface area contributed by atoms with E-state index in [0.29, 0.717) is 12.0 Å². The molecule has 0 aliphatic carbocycles. The van der Waals surface area contributed by atoms with E-state index in [0.717, 1.165) is 16.3 Å². The second-order valence-electron chi connectivity index (χ2n) is 7.73. The van der Waals surface area contributed by atoms with Crippen molar-refractivity contribution in [3.63, 3.8) is 0 Å². The largest absolute Gasteiger partial charge is 0.456 e. The van der Waals surface area contributed by atoms with Crippen LogP contribution >= 0.6 is 0 Å². The van der Waals surface area contributed by atoms with Gasteiger partial charge in [-0.3, -0.25) is 19.3 Å². The van der Waals surface area contributed by atoms with Crippen LogP contribution in [0.15, 0.2) is 30.3 Å². The van der Waals surface area contributed by atoms with Crippen molar-refractivity contribution in [3.8, 4) is 0 Å². The number of hydrogen-bond acceptors (Lipinski definition) is 5. The number of hydrogen-bond donors (Lipinski definition) is 0. The quantitative estimate of drug-likeness (QED) is 0.398. The lowest BCUT2D eigenvalue weighted by atomic mass is 9.97. The highest BCUT2D eigenvalue weighted by molar-refractivity contribution is 6.22. The number of aromatic nitrogens is 1. The second-order valence-corrected chi connectivity index (χ2v) is 7.73. The van der Waals surface area contributed by atoms with Gasteiger partial charge in [-0.1, -0.05) is 32.4 Å². The van der Waals surface area contributed by atoms with Crippen molar-refractivity contribution in [1.82, 2.24) is 9.47 Å². The summed E-state index contributed by atoms with van der Waals surface area (Å²) in [5, 5.41) is 0. The molecule has 1 aromatic heterocycles. The zero-order valence-electron chi connectivity index (χ0n) is 17.9. The Morgan fingerprint density at radius 3 is 2.10 bits per heavy atom. The maximum Gasteiger partial charge on any atom is 0.330 e. The Hall–Kier alpha value is -3.22. The Morgan fingerprint density at radius 2 is 1.63 bits per heavy atom. The van der Waals surface area contributed by atoms with Crippen molar-refractivity contribution in [1.29, 1.82) is 0 Å². The van der Waals surface area contributed by atoms with Gasteiger partial charge in [-0.15, -0.1) is 0 Å². The van der Waals surface area contributed by atoms with Gasteiger partial charge in [0, 0.05) is 24.0 Å². The minimum atomic E-state index is -1.09. The average Bonchev–Trinajstić information content (AvgIpc) is 3.15. The maximum atomic E-state index is 12.9. The molecule has 7 heteroatoms. The Kier molecular flexibility index (Phi) is 5.92. The van der Waals surface area contributed by atoms with Crippen LogP contribution in [-0.4, -0.2) is 45.7 Å². The zero-order chi connectivity index (χ0) is 22.2. The van der Waals surface area contributed by atoms with E-state index in [4.69, 9.17) is 4.74 Å². The summed E-state index contributed by atoms with van der Waals surface area (Å²) >= 11 is 0. The van der Waals surface area contributed by atoms with Crippen molar-refractivity contribution in [2.75, 3.05) is 6.61 Å². The molecule has 2 aromatic rings. The van der Waals surface area contributed by atoms with Gasteiger partial charge in [0.1, 0.15) is 6.04 Å². The normalized spacial score (nSPS) is 15.2. The molecule has 1 aromatic carbocycles. The number of amides is 2. The third-order valence-electron chi connectivity index (χ3n) is 5.95. The van der Waals surface area contributed by atoms with Gasteiger partial charge in [0.25, 0.3) is 11.8 Å². The first-order valence-electron chi connectivity index (χ1n) is 9.98. The number of aryl methyl sites for hydroxylation is 1. The lowest BCUT2D eigenvalue weighted by Crippen LogP contribution is -2.49. The molecule has 1 aliphatic heterocycles. The number of imide groups is 1. The molecular formula is C23H26N2O5. The minimum Gasteiger partial charge on any atom is -0.456 e. The van der Waals surface area contributed by atoms with Crippen LogP contribution in [0.5, 0.6) is 0 Å². The number of carbonyl (C=O) groups is 4. The molecule has 1 aliphatic rings. The first-order valence-corrected chi connectivity index (χ1v) is 9.98. The summed E-state index contributed by atoms with van der Waals surface area (Å²) in [6.45, 7) is 6.91. The van der Waals surface area contributed by atoms with Crippen LogP contribution in [0.3, 0.4) is 0 Å². The van der Waals surface area contributed by atoms with Crippen LogP contribution in [0.4, 0.5) is 0 Å². The van der Waals surface area contributed by atoms with Gasteiger partial charge in [0.05, 0.1) is 11.1 Å². The fourth-order valence-electron chi connectivity index (χ4n) is 3.71.